The summed E-state index contributed by atoms with van der Waals surface area (Å²) in [6.07, 6.45) is 1.98. The Labute approximate surface area is 179 Å². The fourth-order valence-corrected chi connectivity index (χ4v) is 3.56. The zero-order valence-electron chi connectivity index (χ0n) is 17.0. The fourth-order valence-electron chi connectivity index (χ4n) is 3.15. The van der Waals surface area contributed by atoms with Crippen LogP contribution >= 0.6 is 11.8 Å². The van der Waals surface area contributed by atoms with Gasteiger partial charge in [0.1, 0.15) is 18.2 Å². The van der Waals surface area contributed by atoms with E-state index in [0.717, 1.165) is 4.90 Å². The van der Waals surface area contributed by atoms with Gasteiger partial charge in [0.2, 0.25) is 0 Å². The highest BCUT2D eigenvalue weighted by molar-refractivity contribution is 7.98. The fraction of sp³-hybridized carbons (Fsp3) is 0.273. The number of halogens is 1. The number of amides is 2. The quantitative estimate of drug-likeness (QED) is 0.528. The summed E-state index contributed by atoms with van der Waals surface area (Å²) >= 11 is 1.61. The summed E-state index contributed by atoms with van der Waals surface area (Å²) in [6, 6.07) is 12.0. The molecule has 8 heteroatoms. The number of likely N-dealkylation sites (N-methyl/N-ethyl adjacent to an activating group) is 1. The third-order valence-corrected chi connectivity index (χ3v) is 5.47. The molecule has 0 bridgehead atoms. The van der Waals surface area contributed by atoms with Crippen LogP contribution in [0.4, 0.5) is 9.18 Å². The minimum absolute atomic E-state index is 0.0539. The number of nitrogens with zero attached hydrogens (tertiary/aromatic N) is 1. The van der Waals surface area contributed by atoms with Gasteiger partial charge in [-0.25, -0.2) is 14.0 Å². The second-order valence-corrected chi connectivity index (χ2v) is 7.39. The number of hydrogen-bond donors (Lipinski definition) is 1. The third kappa shape index (κ3) is 4.59. The molecule has 2 amide bonds. The molecule has 2 aromatic rings. The summed E-state index contributed by atoms with van der Waals surface area (Å²) in [7, 11) is 1.53. The number of carbonyl (C=O) groups excluding carboxylic acids is 2. The minimum atomic E-state index is -0.980. The normalized spacial score (nSPS) is 16.3. The highest BCUT2D eigenvalue weighted by Gasteiger charge is 2.38. The molecule has 0 saturated heterocycles. The summed E-state index contributed by atoms with van der Waals surface area (Å²) in [6.45, 7) is 1.78. The molecule has 1 aliphatic heterocycles. The molecule has 0 radical (unpaired) electrons. The van der Waals surface area contributed by atoms with Crippen molar-refractivity contribution < 1.29 is 23.5 Å². The Morgan fingerprint density at radius 2 is 1.90 bits per heavy atom. The number of urea groups is 1. The molecule has 2 aromatic carbocycles. The van der Waals surface area contributed by atoms with Gasteiger partial charge in [-0.05, 0) is 43.5 Å². The first-order chi connectivity index (χ1) is 14.5. The standard InChI is InChI=1S/C22H23FN2O4S/c1-4-28-21(26)19-18(13-29-14-9-11-15(30-3)12-10-14)25(2)22(27)24-20(19)16-7-5-6-8-17(16)23/h5-12,20H,4,13H2,1-3H3,(H,24,27). The van der Waals surface area contributed by atoms with Gasteiger partial charge in [0, 0.05) is 17.5 Å². The van der Waals surface area contributed by atoms with E-state index in [1.807, 2.05) is 30.5 Å². The summed E-state index contributed by atoms with van der Waals surface area (Å²) in [4.78, 5) is 27.8. The number of hydrogen-bond acceptors (Lipinski definition) is 5. The van der Waals surface area contributed by atoms with E-state index < -0.39 is 23.9 Å². The van der Waals surface area contributed by atoms with Crippen molar-refractivity contribution in [2.75, 3.05) is 26.5 Å². The Morgan fingerprint density at radius 3 is 2.53 bits per heavy atom. The number of carbonyl (C=O) groups is 2. The van der Waals surface area contributed by atoms with Crippen molar-refractivity contribution in [3.8, 4) is 5.75 Å². The molecule has 1 atom stereocenters. The Kier molecular flexibility index (Phi) is 6.99. The largest absolute Gasteiger partial charge is 0.487 e. The van der Waals surface area contributed by atoms with E-state index in [2.05, 4.69) is 5.32 Å². The minimum Gasteiger partial charge on any atom is -0.487 e. The molecule has 0 saturated carbocycles. The Balaban J connectivity index is 2.01. The van der Waals surface area contributed by atoms with E-state index in [1.54, 1.807) is 30.8 Å². The Bertz CT molecular complexity index is 962. The van der Waals surface area contributed by atoms with Gasteiger partial charge in [-0.3, -0.25) is 4.90 Å². The van der Waals surface area contributed by atoms with Crippen molar-refractivity contribution in [3.63, 3.8) is 0 Å². The Morgan fingerprint density at radius 1 is 1.20 bits per heavy atom. The molecule has 6 nitrogen and oxygen atoms in total. The zero-order valence-corrected chi connectivity index (χ0v) is 17.8. The maximum absolute atomic E-state index is 14.5. The van der Waals surface area contributed by atoms with E-state index in [-0.39, 0.29) is 24.4 Å². The van der Waals surface area contributed by atoms with Crippen LogP contribution in [0.1, 0.15) is 18.5 Å². The summed E-state index contributed by atoms with van der Waals surface area (Å²) in [5.41, 5.74) is 0.646. The summed E-state index contributed by atoms with van der Waals surface area (Å²) < 4.78 is 25.6. The number of ether oxygens (including phenoxy) is 2. The molecule has 0 spiro atoms. The van der Waals surface area contributed by atoms with Gasteiger partial charge in [-0.2, -0.15) is 0 Å². The maximum atomic E-state index is 14.5. The van der Waals surface area contributed by atoms with Crippen molar-refractivity contribution in [3.05, 3.63) is 71.2 Å². The average Bonchev–Trinajstić information content (AvgIpc) is 2.75. The van der Waals surface area contributed by atoms with Crippen LogP contribution in [0.2, 0.25) is 0 Å². The molecular formula is C22H23FN2O4S. The van der Waals surface area contributed by atoms with Gasteiger partial charge < -0.3 is 14.8 Å². The highest BCUT2D eigenvalue weighted by atomic mass is 32.2. The molecule has 1 aliphatic rings. The van der Waals surface area contributed by atoms with Crippen LogP contribution in [-0.2, 0) is 9.53 Å². The van der Waals surface area contributed by atoms with Crippen LogP contribution < -0.4 is 10.1 Å². The van der Waals surface area contributed by atoms with Gasteiger partial charge in [-0.1, -0.05) is 18.2 Å². The second-order valence-electron chi connectivity index (χ2n) is 6.51. The van der Waals surface area contributed by atoms with E-state index in [9.17, 15) is 14.0 Å². The lowest BCUT2D eigenvalue weighted by Crippen LogP contribution is -2.48. The lowest BCUT2D eigenvalue weighted by molar-refractivity contribution is -0.139. The molecule has 0 aromatic heterocycles. The molecule has 0 aliphatic carbocycles. The monoisotopic (exact) mass is 430 g/mol. The van der Waals surface area contributed by atoms with E-state index in [1.165, 1.54) is 24.1 Å². The third-order valence-electron chi connectivity index (χ3n) is 4.72. The number of nitrogens with one attached hydrogen (secondary N) is 1. The molecular weight excluding hydrogens is 407 g/mol. The number of benzene rings is 2. The van der Waals surface area contributed by atoms with Crippen LogP contribution in [0.5, 0.6) is 5.75 Å². The first-order valence-corrected chi connectivity index (χ1v) is 10.6. The summed E-state index contributed by atoms with van der Waals surface area (Å²) in [5, 5.41) is 2.69. The number of thioether (sulfide) groups is 1. The number of rotatable bonds is 7. The van der Waals surface area contributed by atoms with Crippen LogP contribution in [-0.4, -0.2) is 43.4 Å². The van der Waals surface area contributed by atoms with E-state index in [0.29, 0.717) is 11.4 Å². The first kappa shape index (κ1) is 21.7. The predicted octanol–water partition coefficient (Wildman–Crippen LogP) is 4.14. The van der Waals surface area contributed by atoms with Crippen molar-refractivity contribution in [1.82, 2.24) is 10.2 Å². The topological polar surface area (TPSA) is 67.9 Å². The van der Waals surface area contributed by atoms with Crippen LogP contribution in [0.3, 0.4) is 0 Å². The molecule has 1 heterocycles. The van der Waals surface area contributed by atoms with Crippen LogP contribution in [0.15, 0.2) is 64.7 Å². The van der Waals surface area contributed by atoms with Crippen molar-refractivity contribution in [1.29, 1.82) is 0 Å². The van der Waals surface area contributed by atoms with Gasteiger partial charge in [0.15, 0.2) is 0 Å². The predicted molar refractivity (Wildman–Crippen MR) is 113 cm³/mol. The molecule has 3 rings (SSSR count). The van der Waals surface area contributed by atoms with Crippen molar-refractivity contribution in [2.24, 2.45) is 0 Å². The molecule has 0 fully saturated rings. The molecule has 1 N–H and O–H groups in total. The smallest absolute Gasteiger partial charge is 0.338 e. The van der Waals surface area contributed by atoms with Gasteiger partial charge in [-0.15, -0.1) is 11.8 Å². The van der Waals surface area contributed by atoms with Gasteiger partial charge >= 0.3 is 12.0 Å². The van der Waals surface area contributed by atoms with Crippen molar-refractivity contribution in [2.45, 2.75) is 17.9 Å². The van der Waals surface area contributed by atoms with Crippen LogP contribution in [0.25, 0.3) is 0 Å². The number of esters is 1. The summed E-state index contributed by atoms with van der Waals surface area (Å²) in [5.74, 6) is -0.568. The maximum Gasteiger partial charge on any atom is 0.338 e. The van der Waals surface area contributed by atoms with E-state index in [4.69, 9.17) is 9.47 Å². The van der Waals surface area contributed by atoms with Gasteiger partial charge in [0.25, 0.3) is 0 Å². The average molecular weight is 431 g/mol. The second kappa shape index (κ2) is 9.67. The molecule has 30 heavy (non-hydrogen) atoms. The zero-order chi connectivity index (χ0) is 21.7. The lowest BCUT2D eigenvalue weighted by atomic mass is 9.94. The molecule has 1 unspecified atom stereocenters. The first-order valence-electron chi connectivity index (χ1n) is 9.42. The van der Waals surface area contributed by atoms with Gasteiger partial charge in [0.05, 0.1) is 23.9 Å². The molecule has 158 valence electrons. The van der Waals surface area contributed by atoms with E-state index >= 15 is 0 Å². The SMILES string of the molecule is CCOC(=O)C1=C(COc2ccc(SC)cc2)N(C)C(=O)NC1c1ccccc1F. The van der Waals surface area contributed by atoms with Crippen molar-refractivity contribution >= 4 is 23.8 Å². The lowest BCUT2D eigenvalue weighted by Gasteiger charge is -2.34. The Hall–Kier alpha value is -3.00. The highest BCUT2D eigenvalue weighted by Crippen LogP contribution is 2.32. The van der Waals surface area contributed by atoms with Crippen LogP contribution in [0, 0.1) is 5.82 Å².